The number of hydrogen-bond acceptors (Lipinski definition) is 4. The van der Waals surface area contributed by atoms with E-state index in [9.17, 15) is 9.59 Å². The molecule has 3 aromatic rings. The van der Waals surface area contributed by atoms with Gasteiger partial charge in [0.2, 0.25) is 11.8 Å². The van der Waals surface area contributed by atoms with E-state index in [1.165, 1.54) is 5.56 Å². The van der Waals surface area contributed by atoms with E-state index in [2.05, 4.69) is 44.5 Å². The molecule has 2 saturated heterocycles. The maximum atomic E-state index is 12.8. The summed E-state index contributed by atoms with van der Waals surface area (Å²) in [5.41, 5.74) is 3.86. The summed E-state index contributed by atoms with van der Waals surface area (Å²) in [4.78, 5) is 37.0. The minimum Gasteiger partial charge on any atom is -0.342 e. The Balaban J connectivity index is 1.27. The second-order valence-electron chi connectivity index (χ2n) is 9.05. The van der Waals surface area contributed by atoms with Gasteiger partial charge >= 0.3 is 0 Å². The van der Waals surface area contributed by atoms with Gasteiger partial charge < -0.3 is 15.2 Å². The van der Waals surface area contributed by atoms with Crippen LogP contribution in [0.15, 0.2) is 48.5 Å². The third-order valence-electron chi connectivity index (χ3n) is 6.90. The van der Waals surface area contributed by atoms with Crippen LogP contribution in [0, 0.1) is 12.8 Å². The SMILES string of the molecule is CC(=O)N1C[C@H](c2ccccc2)[C@H]2CN(CC(=O)Nc3ccc4nc(C)[nH]c4c3)CC[C@H]21. The lowest BCUT2D eigenvalue weighted by molar-refractivity contribution is -0.131. The van der Waals surface area contributed by atoms with Gasteiger partial charge in [-0.2, -0.15) is 0 Å². The predicted molar refractivity (Wildman–Crippen MR) is 124 cm³/mol. The van der Waals surface area contributed by atoms with E-state index in [1.807, 2.05) is 36.1 Å². The summed E-state index contributed by atoms with van der Waals surface area (Å²) < 4.78 is 0. The Morgan fingerprint density at radius 3 is 2.75 bits per heavy atom. The molecule has 0 unspecified atom stereocenters. The molecule has 2 amide bonds. The highest BCUT2D eigenvalue weighted by Gasteiger charge is 2.46. The van der Waals surface area contributed by atoms with Crippen LogP contribution in [-0.2, 0) is 9.59 Å². The van der Waals surface area contributed by atoms with Crippen LogP contribution in [0.3, 0.4) is 0 Å². The second kappa shape index (κ2) is 8.39. The fourth-order valence-corrected chi connectivity index (χ4v) is 5.48. The van der Waals surface area contributed by atoms with E-state index in [0.717, 1.165) is 48.6 Å². The summed E-state index contributed by atoms with van der Waals surface area (Å²) in [7, 11) is 0. The zero-order valence-corrected chi connectivity index (χ0v) is 18.5. The van der Waals surface area contributed by atoms with Crippen LogP contribution < -0.4 is 5.32 Å². The number of H-pyrrole nitrogens is 1. The van der Waals surface area contributed by atoms with Crippen LogP contribution in [0.5, 0.6) is 0 Å². The smallest absolute Gasteiger partial charge is 0.238 e. The van der Waals surface area contributed by atoms with Crippen molar-refractivity contribution < 1.29 is 9.59 Å². The Hall–Kier alpha value is -3.19. The van der Waals surface area contributed by atoms with Crippen molar-refractivity contribution in [1.82, 2.24) is 19.8 Å². The lowest BCUT2D eigenvalue weighted by Crippen LogP contribution is -2.49. The third kappa shape index (κ3) is 4.00. The fourth-order valence-electron chi connectivity index (χ4n) is 5.48. The molecule has 166 valence electrons. The van der Waals surface area contributed by atoms with Crippen molar-refractivity contribution in [3.8, 4) is 0 Å². The standard InChI is InChI=1S/C25H29N5O2/c1-16-26-22-9-8-19(12-23(22)27-16)28-25(32)15-29-11-10-24-21(13-29)20(14-30(24)17(2)31)18-6-4-3-5-7-18/h3-9,12,20-21,24H,10-11,13-15H2,1-2H3,(H,26,27)(H,28,32)/t20-,21-,24-/m1/s1. The summed E-state index contributed by atoms with van der Waals surface area (Å²) in [5.74, 6) is 1.63. The van der Waals surface area contributed by atoms with E-state index in [-0.39, 0.29) is 17.9 Å². The number of anilines is 1. The molecule has 0 spiro atoms. The first-order valence-corrected chi connectivity index (χ1v) is 11.3. The van der Waals surface area contributed by atoms with E-state index >= 15 is 0 Å². The number of carbonyl (C=O) groups excluding carboxylic acids is 2. The molecule has 32 heavy (non-hydrogen) atoms. The molecule has 2 N–H and O–H groups in total. The number of fused-ring (bicyclic) bond motifs is 2. The zero-order valence-electron chi connectivity index (χ0n) is 18.5. The number of aromatic amines is 1. The first kappa shape index (κ1) is 20.7. The summed E-state index contributed by atoms with van der Waals surface area (Å²) in [6.45, 7) is 6.34. The number of rotatable bonds is 4. The van der Waals surface area contributed by atoms with Gasteiger partial charge in [-0.1, -0.05) is 30.3 Å². The normalized spacial score (nSPS) is 23.3. The molecule has 0 saturated carbocycles. The molecule has 2 aliphatic heterocycles. The van der Waals surface area contributed by atoms with E-state index in [0.29, 0.717) is 18.4 Å². The van der Waals surface area contributed by atoms with Gasteiger partial charge in [0.05, 0.1) is 17.6 Å². The van der Waals surface area contributed by atoms with Gasteiger partial charge in [-0.3, -0.25) is 14.5 Å². The molecule has 2 aromatic carbocycles. The van der Waals surface area contributed by atoms with Crippen LogP contribution in [0.25, 0.3) is 11.0 Å². The van der Waals surface area contributed by atoms with Gasteiger partial charge in [0, 0.05) is 50.1 Å². The number of nitrogens with zero attached hydrogens (tertiary/aromatic N) is 3. The zero-order chi connectivity index (χ0) is 22.2. The number of carbonyl (C=O) groups is 2. The van der Waals surface area contributed by atoms with Gasteiger partial charge in [0.25, 0.3) is 0 Å². The molecule has 1 aromatic heterocycles. The number of amides is 2. The molecule has 2 aliphatic rings. The molecule has 7 heteroatoms. The highest BCUT2D eigenvalue weighted by atomic mass is 16.2. The van der Waals surface area contributed by atoms with Crippen LogP contribution in [0.1, 0.15) is 30.7 Å². The van der Waals surface area contributed by atoms with Gasteiger partial charge in [0.1, 0.15) is 5.82 Å². The van der Waals surface area contributed by atoms with Crippen molar-refractivity contribution >= 4 is 28.5 Å². The van der Waals surface area contributed by atoms with Crippen LogP contribution >= 0.6 is 0 Å². The van der Waals surface area contributed by atoms with E-state index < -0.39 is 0 Å². The number of aromatic nitrogens is 2. The van der Waals surface area contributed by atoms with Crippen molar-refractivity contribution in [3.63, 3.8) is 0 Å². The number of aryl methyl sites for hydroxylation is 1. The first-order chi connectivity index (χ1) is 15.5. The molecule has 2 fully saturated rings. The summed E-state index contributed by atoms with van der Waals surface area (Å²) in [6.07, 6.45) is 0.903. The molecule has 3 heterocycles. The minimum atomic E-state index is -0.0169. The lowest BCUT2D eigenvalue weighted by Gasteiger charge is -2.38. The van der Waals surface area contributed by atoms with E-state index in [1.54, 1.807) is 6.92 Å². The quantitative estimate of drug-likeness (QED) is 0.665. The van der Waals surface area contributed by atoms with Gasteiger partial charge in [0.15, 0.2) is 0 Å². The molecular formula is C25H29N5O2. The van der Waals surface area contributed by atoms with Gasteiger partial charge in [-0.25, -0.2) is 4.98 Å². The van der Waals surface area contributed by atoms with Crippen LogP contribution in [0.4, 0.5) is 5.69 Å². The topological polar surface area (TPSA) is 81.3 Å². The maximum absolute atomic E-state index is 12.8. The molecular weight excluding hydrogens is 402 g/mol. The number of piperidine rings is 1. The number of likely N-dealkylation sites (tertiary alicyclic amines) is 2. The summed E-state index contributed by atoms with van der Waals surface area (Å²) in [6, 6.07) is 16.4. The van der Waals surface area contributed by atoms with Crippen LogP contribution in [-0.4, -0.2) is 63.8 Å². The van der Waals surface area contributed by atoms with Crippen molar-refractivity contribution in [1.29, 1.82) is 0 Å². The highest BCUT2D eigenvalue weighted by Crippen LogP contribution is 2.41. The number of benzene rings is 2. The highest BCUT2D eigenvalue weighted by molar-refractivity contribution is 5.94. The minimum absolute atomic E-state index is 0.0169. The van der Waals surface area contributed by atoms with Crippen molar-refractivity contribution in [2.24, 2.45) is 5.92 Å². The molecule has 0 radical (unpaired) electrons. The second-order valence-corrected chi connectivity index (χ2v) is 9.05. The van der Waals surface area contributed by atoms with Gasteiger partial charge in [-0.05, 0) is 37.1 Å². The van der Waals surface area contributed by atoms with Crippen molar-refractivity contribution in [2.75, 3.05) is 31.5 Å². The average Bonchev–Trinajstić information content (AvgIpc) is 3.33. The molecule has 3 atom stereocenters. The fraction of sp³-hybridized carbons (Fsp3) is 0.400. The monoisotopic (exact) mass is 431 g/mol. The number of imidazole rings is 1. The first-order valence-electron chi connectivity index (χ1n) is 11.3. The molecule has 0 aliphatic carbocycles. The third-order valence-corrected chi connectivity index (χ3v) is 6.90. The van der Waals surface area contributed by atoms with E-state index in [4.69, 9.17) is 0 Å². The largest absolute Gasteiger partial charge is 0.342 e. The molecule has 0 bridgehead atoms. The Morgan fingerprint density at radius 1 is 1.16 bits per heavy atom. The van der Waals surface area contributed by atoms with Crippen LogP contribution in [0.2, 0.25) is 0 Å². The maximum Gasteiger partial charge on any atom is 0.238 e. The van der Waals surface area contributed by atoms with Crippen molar-refractivity contribution in [2.45, 2.75) is 32.2 Å². The Kier molecular flexibility index (Phi) is 5.43. The Morgan fingerprint density at radius 2 is 1.97 bits per heavy atom. The lowest BCUT2D eigenvalue weighted by atomic mass is 9.82. The summed E-state index contributed by atoms with van der Waals surface area (Å²) >= 11 is 0. The number of hydrogen-bond donors (Lipinski definition) is 2. The predicted octanol–water partition coefficient (Wildman–Crippen LogP) is 3.15. The Labute approximate surface area is 187 Å². The van der Waals surface area contributed by atoms with Crippen molar-refractivity contribution in [3.05, 3.63) is 59.9 Å². The van der Waals surface area contributed by atoms with Gasteiger partial charge in [-0.15, -0.1) is 0 Å². The summed E-state index contributed by atoms with van der Waals surface area (Å²) in [5, 5.41) is 3.03. The molecule has 7 nitrogen and oxygen atoms in total. The Bertz CT molecular complexity index is 1140. The number of nitrogens with one attached hydrogen (secondary N) is 2. The molecule has 5 rings (SSSR count). The average molecular weight is 432 g/mol.